The minimum absolute atomic E-state index is 0.0601. The van der Waals surface area contributed by atoms with Gasteiger partial charge in [-0.1, -0.05) is 49.3 Å². The smallest absolute Gasteiger partial charge is 0.234 e. The van der Waals surface area contributed by atoms with E-state index in [1.165, 1.54) is 25.7 Å². The molecule has 0 saturated carbocycles. The molecule has 7 heteroatoms. The van der Waals surface area contributed by atoms with Crippen molar-refractivity contribution in [3.05, 3.63) is 41.2 Å². The Balaban J connectivity index is 1.52. The van der Waals surface area contributed by atoms with Crippen LogP contribution in [0.25, 0.3) is 4.96 Å². The van der Waals surface area contributed by atoms with Crippen molar-refractivity contribution in [2.75, 3.05) is 13.1 Å². The predicted molar refractivity (Wildman–Crippen MR) is 103 cm³/mol. The molecule has 2 aromatic heterocycles. The summed E-state index contributed by atoms with van der Waals surface area (Å²) < 4.78 is 8.04. The van der Waals surface area contributed by atoms with E-state index in [1.54, 1.807) is 11.3 Å². The number of hydrogen-bond acceptors (Lipinski definition) is 6. The maximum Gasteiger partial charge on any atom is 0.234 e. The van der Waals surface area contributed by atoms with Gasteiger partial charge in [-0.25, -0.2) is 0 Å². The monoisotopic (exact) mass is 371 g/mol. The van der Waals surface area contributed by atoms with Gasteiger partial charge in [0.15, 0.2) is 16.9 Å². The fourth-order valence-corrected chi connectivity index (χ4v) is 4.34. The van der Waals surface area contributed by atoms with Gasteiger partial charge < -0.3 is 4.74 Å². The van der Waals surface area contributed by atoms with Crippen LogP contribution in [0.4, 0.5) is 0 Å². The van der Waals surface area contributed by atoms with E-state index in [0.29, 0.717) is 0 Å². The Hall–Kier alpha value is -1.99. The normalized spacial score (nSPS) is 17.3. The standard InChI is InChI=1S/C19H25N5OS/c1-2-16(25-15-10-6-5-7-11-15)18-22-24-17(20-21-19(24)26-18)14-23-12-8-3-4-9-13-23/h5-7,10-11,16H,2-4,8-9,12-14H2,1H3/t16-/m0/s1. The number of para-hydroxylation sites is 1. The Morgan fingerprint density at radius 3 is 2.58 bits per heavy atom. The van der Waals surface area contributed by atoms with Crippen molar-refractivity contribution >= 4 is 16.3 Å². The lowest BCUT2D eigenvalue weighted by atomic mass is 10.2. The molecule has 6 nitrogen and oxygen atoms in total. The molecule has 0 N–H and O–H groups in total. The third kappa shape index (κ3) is 3.88. The lowest BCUT2D eigenvalue weighted by molar-refractivity contribution is 0.199. The van der Waals surface area contributed by atoms with Crippen molar-refractivity contribution in [1.29, 1.82) is 0 Å². The number of nitrogens with zero attached hydrogens (tertiary/aromatic N) is 5. The molecule has 3 aromatic rings. The Morgan fingerprint density at radius 1 is 1.08 bits per heavy atom. The fraction of sp³-hybridized carbons (Fsp3) is 0.526. The number of rotatable bonds is 6. The molecule has 0 radical (unpaired) electrons. The van der Waals surface area contributed by atoms with E-state index < -0.39 is 0 Å². The van der Waals surface area contributed by atoms with Gasteiger partial charge in [0.1, 0.15) is 5.75 Å². The summed E-state index contributed by atoms with van der Waals surface area (Å²) in [4.78, 5) is 3.32. The second-order valence-electron chi connectivity index (χ2n) is 6.77. The molecule has 0 unspecified atom stereocenters. The van der Waals surface area contributed by atoms with Crippen LogP contribution < -0.4 is 4.74 Å². The molecule has 0 aliphatic carbocycles. The highest BCUT2D eigenvalue weighted by atomic mass is 32.1. The Bertz CT molecular complexity index is 823. The molecule has 3 heterocycles. The summed E-state index contributed by atoms with van der Waals surface area (Å²) in [6, 6.07) is 9.92. The van der Waals surface area contributed by atoms with Crippen molar-refractivity contribution in [2.45, 2.75) is 51.7 Å². The quantitative estimate of drug-likeness (QED) is 0.653. The molecule has 26 heavy (non-hydrogen) atoms. The van der Waals surface area contributed by atoms with E-state index in [4.69, 9.17) is 9.84 Å². The van der Waals surface area contributed by atoms with Crippen molar-refractivity contribution in [1.82, 2.24) is 24.7 Å². The first kappa shape index (κ1) is 17.4. The predicted octanol–water partition coefficient (Wildman–Crippen LogP) is 4.09. The molecule has 4 rings (SSSR count). The van der Waals surface area contributed by atoms with E-state index in [0.717, 1.165) is 47.6 Å². The van der Waals surface area contributed by atoms with Crippen LogP contribution in [-0.2, 0) is 6.54 Å². The van der Waals surface area contributed by atoms with Gasteiger partial charge in [0.25, 0.3) is 0 Å². The van der Waals surface area contributed by atoms with Gasteiger partial charge in [-0.05, 0) is 44.5 Å². The number of fused-ring (bicyclic) bond motifs is 1. The zero-order valence-electron chi connectivity index (χ0n) is 15.2. The summed E-state index contributed by atoms with van der Waals surface area (Å²) in [5.74, 6) is 1.80. The number of aromatic nitrogens is 4. The second-order valence-corrected chi connectivity index (χ2v) is 7.76. The summed E-state index contributed by atoms with van der Waals surface area (Å²) >= 11 is 1.57. The van der Waals surface area contributed by atoms with Gasteiger partial charge >= 0.3 is 0 Å². The number of hydrogen-bond donors (Lipinski definition) is 0. The third-order valence-electron chi connectivity index (χ3n) is 4.80. The maximum atomic E-state index is 6.13. The van der Waals surface area contributed by atoms with E-state index >= 15 is 0 Å². The summed E-state index contributed by atoms with van der Waals surface area (Å²) in [5.41, 5.74) is 0. The molecule has 138 valence electrons. The minimum atomic E-state index is -0.0601. The van der Waals surface area contributed by atoms with Gasteiger partial charge in [0, 0.05) is 0 Å². The zero-order valence-corrected chi connectivity index (χ0v) is 16.0. The first-order chi connectivity index (χ1) is 12.8. The van der Waals surface area contributed by atoms with Crippen LogP contribution >= 0.6 is 11.3 Å². The molecule has 1 aromatic carbocycles. The van der Waals surface area contributed by atoms with Crippen LogP contribution in [0.5, 0.6) is 5.75 Å². The lowest BCUT2D eigenvalue weighted by Gasteiger charge is -2.17. The van der Waals surface area contributed by atoms with E-state index in [-0.39, 0.29) is 6.10 Å². The van der Waals surface area contributed by atoms with E-state index in [2.05, 4.69) is 22.0 Å². The average Bonchev–Trinajstić information content (AvgIpc) is 3.14. The molecule has 0 spiro atoms. The maximum absolute atomic E-state index is 6.13. The van der Waals surface area contributed by atoms with Crippen molar-refractivity contribution in [2.24, 2.45) is 0 Å². The Morgan fingerprint density at radius 2 is 1.85 bits per heavy atom. The highest BCUT2D eigenvalue weighted by molar-refractivity contribution is 7.16. The van der Waals surface area contributed by atoms with Crippen molar-refractivity contribution in [3.8, 4) is 5.75 Å². The molecule has 1 fully saturated rings. The summed E-state index contributed by atoms with van der Waals surface area (Å²) in [6.45, 7) is 5.22. The first-order valence-electron chi connectivity index (χ1n) is 9.48. The number of benzene rings is 1. The summed E-state index contributed by atoms with van der Waals surface area (Å²) in [7, 11) is 0. The van der Waals surface area contributed by atoms with Gasteiger partial charge in [0.2, 0.25) is 4.96 Å². The van der Waals surface area contributed by atoms with E-state index in [1.807, 2.05) is 34.8 Å². The van der Waals surface area contributed by atoms with Crippen LogP contribution in [0.3, 0.4) is 0 Å². The highest BCUT2D eigenvalue weighted by Crippen LogP contribution is 2.28. The van der Waals surface area contributed by atoms with Gasteiger partial charge in [0.05, 0.1) is 6.54 Å². The van der Waals surface area contributed by atoms with Gasteiger partial charge in [-0.3, -0.25) is 4.90 Å². The van der Waals surface area contributed by atoms with Crippen LogP contribution in [-0.4, -0.2) is 37.8 Å². The highest BCUT2D eigenvalue weighted by Gasteiger charge is 2.21. The number of likely N-dealkylation sites (tertiary alicyclic amines) is 1. The summed E-state index contributed by atoms with van der Waals surface area (Å²) in [6.07, 6.45) is 6.01. The van der Waals surface area contributed by atoms with Crippen molar-refractivity contribution < 1.29 is 4.74 Å². The van der Waals surface area contributed by atoms with Crippen LogP contribution in [0.15, 0.2) is 30.3 Å². The average molecular weight is 372 g/mol. The lowest BCUT2D eigenvalue weighted by Crippen LogP contribution is -2.25. The molecule has 1 aliphatic rings. The Kier molecular flexibility index (Phi) is 5.45. The topological polar surface area (TPSA) is 55.6 Å². The van der Waals surface area contributed by atoms with Gasteiger partial charge in [-0.15, -0.1) is 10.2 Å². The molecule has 1 atom stereocenters. The van der Waals surface area contributed by atoms with Crippen LogP contribution in [0.1, 0.15) is 56.0 Å². The molecule has 1 saturated heterocycles. The Labute approximate surface area is 157 Å². The SMILES string of the molecule is CC[C@H](Oc1ccccc1)c1nn2c(CN3CCCCCC3)nnc2s1. The van der Waals surface area contributed by atoms with Crippen LogP contribution in [0.2, 0.25) is 0 Å². The molecule has 0 amide bonds. The van der Waals surface area contributed by atoms with Gasteiger partial charge in [-0.2, -0.15) is 9.61 Å². The van der Waals surface area contributed by atoms with Crippen LogP contribution in [0, 0.1) is 0 Å². The third-order valence-corrected chi connectivity index (χ3v) is 5.79. The molecule has 1 aliphatic heterocycles. The molecule has 0 bridgehead atoms. The first-order valence-corrected chi connectivity index (χ1v) is 10.3. The second kappa shape index (κ2) is 8.14. The fourth-order valence-electron chi connectivity index (χ4n) is 3.37. The zero-order chi connectivity index (χ0) is 17.8. The molecular formula is C19H25N5OS. The van der Waals surface area contributed by atoms with E-state index in [9.17, 15) is 0 Å². The summed E-state index contributed by atoms with van der Waals surface area (Å²) in [5, 5.41) is 14.5. The van der Waals surface area contributed by atoms with Crippen molar-refractivity contribution in [3.63, 3.8) is 0 Å². The minimum Gasteiger partial charge on any atom is -0.483 e. The largest absolute Gasteiger partial charge is 0.483 e. The molecular weight excluding hydrogens is 346 g/mol. The number of ether oxygens (including phenoxy) is 1.